The summed E-state index contributed by atoms with van der Waals surface area (Å²) in [6.45, 7) is 6.56. The lowest BCUT2D eigenvalue weighted by Crippen LogP contribution is -1.93. The summed E-state index contributed by atoms with van der Waals surface area (Å²) in [6, 6.07) is 0. The van der Waals surface area contributed by atoms with E-state index in [-0.39, 0.29) is 0 Å². The van der Waals surface area contributed by atoms with E-state index in [1.54, 1.807) is 0 Å². The van der Waals surface area contributed by atoms with Crippen molar-refractivity contribution in [3.05, 3.63) is 0 Å². The second kappa shape index (κ2) is 5.10. The Kier molecular flexibility index (Phi) is 5.27. The van der Waals surface area contributed by atoms with Crippen LogP contribution in [0.1, 0.15) is 40.0 Å². The Labute approximate surface area is 63.6 Å². The number of hydrogen-bond acceptors (Lipinski definition) is 0. The van der Waals surface area contributed by atoms with Crippen LogP contribution in [0.15, 0.2) is 0 Å². The van der Waals surface area contributed by atoms with Gasteiger partial charge in [0.05, 0.1) is 0 Å². The molecule has 0 rings (SSSR count). The van der Waals surface area contributed by atoms with Crippen LogP contribution in [0.3, 0.4) is 0 Å². The molecule has 0 aromatic heterocycles. The van der Waals surface area contributed by atoms with Crippen LogP contribution in [0.2, 0.25) is 0 Å². The number of alkyl halides is 1. The molecule has 0 aromatic rings. The third-order valence-electron chi connectivity index (χ3n) is 1.38. The summed E-state index contributed by atoms with van der Waals surface area (Å²) in [6.07, 6.45) is 3.76. The van der Waals surface area contributed by atoms with Crippen molar-refractivity contribution in [2.45, 2.75) is 45.4 Å². The molecule has 0 radical (unpaired) electrons. The summed E-state index contributed by atoms with van der Waals surface area (Å²) in [5, 5.41) is 0.365. The molecule has 0 N–H and O–H groups in total. The third kappa shape index (κ3) is 8.29. The lowest BCUT2D eigenvalue weighted by molar-refractivity contribution is 0.536. The van der Waals surface area contributed by atoms with Gasteiger partial charge in [0, 0.05) is 5.38 Å². The number of hydrogen-bond donors (Lipinski definition) is 0. The molecule has 1 unspecified atom stereocenters. The summed E-state index contributed by atoms with van der Waals surface area (Å²) < 4.78 is 0. The van der Waals surface area contributed by atoms with Gasteiger partial charge in [-0.3, -0.25) is 0 Å². The van der Waals surface area contributed by atoms with Gasteiger partial charge in [0.25, 0.3) is 0 Å². The molecular weight excluding hydrogens is 132 g/mol. The second-order valence-corrected chi connectivity index (χ2v) is 3.85. The molecule has 9 heavy (non-hydrogen) atoms. The van der Waals surface area contributed by atoms with Gasteiger partial charge >= 0.3 is 0 Å². The summed E-state index contributed by atoms with van der Waals surface area (Å²) >= 11 is 5.76. The Bertz CT molecular complexity index is 49.6. The first-order valence-corrected chi connectivity index (χ1v) is 4.20. The molecule has 1 atom stereocenters. The van der Waals surface area contributed by atoms with Crippen LogP contribution in [0.25, 0.3) is 0 Å². The maximum atomic E-state index is 5.76. The van der Waals surface area contributed by atoms with Gasteiger partial charge in [-0.1, -0.05) is 26.7 Å². The molecule has 0 aromatic carbocycles. The van der Waals surface area contributed by atoms with Crippen LogP contribution in [-0.2, 0) is 0 Å². The highest BCUT2D eigenvalue weighted by molar-refractivity contribution is 6.20. The van der Waals surface area contributed by atoms with E-state index in [1.807, 2.05) is 0 Å². The SMILES string of the molecule is CC(C)CCCC(C)Cl. The van der Waals surface area contributed by atoms with Gasteiger partial charge in [-0.2, -0.15) is 0 Å². The standard InChI is InChI=1S/C8H17Cl/c1-7(2)5-4-6-8(3)9/h7-8H,4-6H2,1-3H3. The minimum absolute atomic E-state index is 0.365. The van der Waals surface area contributed by atoms with Crippen molar-refractivity contribution >= 4 is 11.6 Å². The molecule has 0 heterocycles. The van der Waals surface area contributed by atoms with Crippen molar-refractivity contribution in [1.82, 2.24) is 0 Å². The first kappa shape index (κ1) is 9.29. The topological polar surface area (TPSA) is 0 Å². The van der Waals surface area contributed by atoms with Crippen molar-refractivity contribution in [1.29, 1.82) is 0 Å². The fourth-order valence-electron chi connectivity index (χ4n) is 0.807. The molecule has 0 saturated carbocycles. The van der Waals surface area contributed by atoms with E-state index in [9.17, 15) is 0 Å². The number of rotatable bonds is 4. The van der Waals surface area contributed by atoms with Crippen molar-refractivity contribution in [3.8, 4) is 0 Å². The number of halogens is 1. The van der Waals surface area contributed by atoms with Crippen molar-refractivity contribution < 1.29 is 0 Å². The molecule has 0 nitrogen and oxygen atoms in total. The van der Waals surface area contributed by atoms with Crippen LogP contribution >= 0.6 is 11.6 Å². The zero-order valence-corrected chi connectivity index (χ0v) is 7.41. The molecular formula is C8H17Cl. The zero-order chi connectivity index (χ0) is 7.28. The summed E-state index contributed by atoms with van der Waals surface area (Å²) in [5.41, 5.74) is 0. The molecule has 0 amide bonds. The van der Waals surface area contributed by atoms with Crippen LogP contribution in [0.4, 0.5) is 0 Å². The van der Waals surface area contributed by atoms with Crippen molar-refractivity contribution in [2.24, 2.45) is 5.92 Å². The lowest BCUT2D eigenvalue weighted by Gasteiger charge is -2.04. The first-order valence-electron chi connectivity index (χ1n) is 3.77. The Morgan fingerprint density at radius 2 is 1.67 bits per heavy atom. The normalized spacial score (nSPS) is 14.3. The average molecular weight is 149 g/mol. The van der Waals surface area contributed by atoms with Gasteiger partial charge in [0.1, 0.15) is 0 Å². The van der Waals surface area contributed by atoms with Gasteiger partial charge in [-0.25, -0.2) is 0 Å². The van der Waals surface area contributed by atoms with E-state index in [4.69, 9.17) is 11.6 Å². The highest BCUT2D eigenvalue weighted by Crippen LogP contribution is 2.10. The van der Waals surface area contributed by atoms with Crippen LogP contribution in [-0.4, -0.2) is 5.38 Å². The van der Waals surface area contributed by atoms with Crippen molar-refractivity contribution in [2.75, 3.05) is 0 Å². The van der Waals surface area contributed by atoms with E-state index in [0.717, 1.165) is 5.92 Å². The Morgan fingerprint density at radius 3 is 2.00 bits per heavy atom. The molecule has 0 aliphatic rings. The molecule has 0 bridgehead atoms. The minimum atomic E-state index is 0.365. The molecule has 0 aliphatic heterocycles. The van der Waals surface area contributed by atoms with Crippen LogP contribution in [0.5, 0.6) is 0 Å². The maximum absolute atomic E-state index is 5.76. The molecule has 0 fully saturated rings. The summed E-state index contributed by atoms with van der Waals surface area (Å²) in [5.74, 6) is 0.834. The van der Waals surface area contributed by atoms with E-state index in [1.165, 1.54) is 19.3 Å². The van der Waals surface area contributed by atoms with Crippen molar-refractivity contribution in [3.63, 3.8) is 0 Å². The minimum Gasteiger partial charge on any atom is -0.123 e. The van der Waals surface area contributed by atoms with Crippen LogP contribution in [0, 0.1) is 5.92 Å². The summed E-state index contributed by atoms with van der Waals surface area (Å²) in [4.78, 5) is 0. The largest absolute Gasteiger partial charge is 0.123 e. The van der Waals surface area contributed by atoms with Crippen LogP contribution < -0.4 is 0 Å². The van der Waals surface area contributed by atoms with E-state index < -0.39 is 0 Å². The van der Waals surface area contributed by atoms with Gasteiger partial charge in [0.15, 0.2) is 0 Å². The second-order valence-electron chi connectivity index (χ2n) is 3.11. The molecule has 1 heteroatoms. The maximum Gasteiger partial charge on any atom is 0.0307 e. The highest BCUT2D eigenvalue weighted by atomic mass is 35.5. The van der Waals surface area contributed by atoms with E-state index in [2.05, 4.69) is 20.8 Å². The van der Waals surface area contributed by atoms with E-state index in [0.29, 0.717) is 5.38 Å². The van der Waals surface area contributed by atoms with Gasteiger partial charge in [-0.15, -0.1) is 11.6 Å². The van der Waals surface area contributed by atoms with Gasteiger partial charge in [-0.05, 0) is 19.3 Å². The summed E-state index contributed by atoms with van der Waals surface area (Å²) in [7, 11) is 0. The van der Waals surface area contributed by atoms with Gasteiger partial charge in [0.2, 0.25) is 0 Å². The fourth-order valence-corrected chi connectivity index (χ4v) is 0.962. The molecule has 0 spiro atoms. The highest BCUT2D eigenvalue weighted by Gasteiger charge is 1.97. The molecule has 0 saturated heterocycles. The quantitative estimate of drug-likeness (QED) is 0.536. The predicted molar refractivity (Wildman–Crippen MR) is 44.0 cm³/mol. The third-order valence-corrected chi connectivity index (χ3v) is 1.60. The van der Waals surface area contributed by atoms with E-state index >= 15 is 0 Å². The average Bonchev–Trinajstić information content (AvgIpc) is 1.63. The lowest BCUT2D eigenvalue weighted by atomic mass is 10.1. The predicted octanol–water partition coefficient (Wildman–Crippen LogP) is 3.44. The zero-order valence-electron chi connectivity index (χ0n) is 6.65. The molecule has 0 aliphatic carbocycles. The first-order chi connectivity index (χ1) is 4.13. The molecule has 56 valence electrons. The monoisotopic (exact) mass is 148 g/mol. The smallest absolute Gasteiger partial charge is 0.0307 e. The Hall–Kier alpha value is 0.290. The fraction of sp³-hybridized carbons (Fsp3) is 1.00. The van der Waals surface area contributed by atoms with Gasteiger partial charge < -0.3 is 0 Å². The Balaban J connectivity index is 2.91. The Morgan fingerprint density at radius 1 is 1.11 bits per heavy atom.